The van der Waals surface area contributed by atoms with Gasteiger partial charge in [-0.3, -0.25) is 4.79 Å². The van der Waals surface area contributed by atoms with Gasteiger partial charge in [-0.1, -0.05) is 10.4 Å². The maximum atomic E-state index is 14.1. The Balaban J connectivity index is 1.15. The maximum Gasteiger partial charge on any atom is 0.316 e. The molecular formula is C31H34F3N9O9S. The van der Waals surface area contributed by atoms with Gasteiger partial charge < -0.3 is 44.3 Å². The molecule has 3 aliphatic rings. The van der Waals surface area contributed by atoms with Crippen molar-refractivity contribution in [3.63, 3.8) is 0 Å². The number of hydrogen-bond acceptors (Lipinski definition) is 16. The van der Waals surface area contributed by atoms with Crippen molar-refractivity contribution in [2.45, 2.75) is 53.3 Å². The quantitative estimate of drug-likeness (QED) is 0.139. The lowest BCUT2D eigenvalue weighted by molar-refractivity contribution is -0.197. The van der Waals surface area contributed by atoms with Gasteiger partial charge in [0.2, 0.25) is 5.91 Å². The highest BCUT2D eigenvalue weighted by Crippen LogP contribution is 2.41. The van der Waals surface area contributed by atoms with Gasteiger partial charge in [-0.25, -0.2) is 32.5 Å². The zero-order chi connectivity index (χ0) is 37.4. The van der Waals surface area contributed by atoms with Gasteiger partial charge in [0.25, 0.3) is 0 Å². The molecule has 0 unspecified atom stereocenters. The molecule has 4 aromatic rings. The van der Waals surface area contributed by atoms with Crippen molar-refractivity contribution in [3.05, 3.63) is 54.4 Å². The molecule has 6 heterocycles. The molecule has 3 saturated heterocycles. The number of halogens is 3. The van der Waals surface area contributed by atoms with Crippen LogP contribution >= 0.6 is 11.8 Å². The zero-order valence-corrected chi connectivity index (χ0v) is 28.6. The summed E-state index contributed by atoms with van der Waals surface area (Å²) in [5.41, 5.74) is -0.333. The molecule has 0 radical (unpaired) electrons. The second kappa shape index (κ2) is 15.6. The Bertz CT molecular complexity index is 1880. The molecule has 3 aliphatic heterocycles. The molecule has 1 amide bonds. The van der Waals surface area contributed by atoms with Crippen molar-refractivity contribution in [2.24, 2.45) is 0 Å². The van der Waals surface area contributed by atoms with Gasteiger partial charge in [0, 0.05) is 36.6 Å². The number of aliphatic hydroxyl groups excluding tert-OH is 4. The van der Waals surface area contributed by atoms with E-state index in [4.69, 9.17) is 18.9 Å². The van der Waals surface area contributed by atoms with Crippen molar-refractivity contribution in [1.29, 1.82) is 0 Å². The maximum absolute atomic E-state index is 14.1. The molecule has 7 rings (SSSR count). The lowest BCUT2D eigenvalue weighted by atomic mass is 9.97. The van der Waals surface area contributed by atoms with E-state index in [2.05, 4.69) is 30.6 Å². The molecule has 8 atom stereocenters. The lowest BCUT2D eigenvalue weighted by Gasteiger charge is -2.46. The van der Waals surface area contributed by atoms with Gasteiger partial charge in [-0.2, -0.15) is 0 Å². The van der Waals surface area contributed by atoms with E-state index < -0.39 is 89.9 Å². The Kier molecular flexibility index (Phi) is 10.9. The van der Waals surface area contributed by atoms with E-state index in [0.29, 0.717) is 11.3 Å². The first-order valence-corrected chi connectivity index (χ1v) is 17.3. The summed E-state index contributed by atoms with van der Waals surface area (Å²) in [4.78, 5) is 22.5. The molecule has 0 spiro atoms. The van der Waals surface area contributed by atoms with Crippen LogP contribution in [0.1, 0.15) is 12.1 Å². The number of nitrogens with zero attached hydrogens (tertiary/aromatic N) is 9. The molecule has 18 nitrogen and oxygen atoms in total. The molecule has 22 heteroatoms. The second-order valence-electron chi connectivity index (χ2n) is 12.6. The van der Waals surface area contributed by atoms with Crippen LogP contribution < -0.4 is 4.74 Å². The Hall–Kier alpha value is -4.29. The molecule has 0 aliphatic carbocycles. The smallest absolute Gasteiger partial charge is 0.316 e. The second-order valence-corrected chi connectivity index (χ2v) is 13.9. The number of rotatable bonds is 11. The molecule has 1 aromatic carbocycles. The average molecular weight is 766 g/mol. The van der Waals surface area contributed by atoms with E-state index in [9.17, 15) is 38.4 Å². The van der Waals surface area contributed by atoms with Crippen LogP contribution in [0.4, 0.5) is 13.2 Å². The SMILES string of the molecule is COc1ncc(-c2cn([C@H]3COC[C@@H](S[C@@H]4O[C@H](CO)[C@H](O)[C@H](n5cc(-c6cc(F)c(F)c(F)c6)nn5)[C@H]4OCC(=O)N4CC(O)C4)[C@@H]3O)nn2)cn1. The molecule has 53 heavy (non-hydrogen) atoms. The Morgan fingerprint density at radius 2 is 1.62 bits per heavy atom. The Labute approximate surface area is 302 Å². The highest BCUT2D eigenvalue weighted by atomic mass is 32.2. The van der Waals surface area contributed by atoms with E-state index in [-0.39, 0.29) is 43.6 Å². The van der Waals surface area contributed by atoms with Gasteiger partial charge >= 0.3 is 6.01 Å². The highest BCUT2D eigenvalue weighted by molar-refractivity contribution is 8.00. The fourth-order valence-electron chi connectivity index (χ4n) is 6.23. The predicted octanol–water partition coefficient (Wildman–Crippen LogP) is -0.639. The summed E-state index contributed by atoms with van der Waals surface area (Å²) in [5, 5.41) is 58.7. The molecule has 284 valence electrons. The third kappa shape index (κ3) is 7.58. The van der Waals surface area contributed by atoms with Gasteiger partial charge in [-0.05, 0) is 12.1 Å². The van der Waals surface area contributed by atoms with Crippen molar-refractivity contribution in [1.82, 2.24) is 44.9 Å². The normalized spacial score (nSPS) is 27.8. The van der Waals surface area contributed by atoms with Gasteiger partial charge in [0.15, 0.2) is 17.5 Å². The molecule has 3 fully saturated rings. The van der Waals surface area contributed by atoms with Crippen molar-refractivity contribution in [3.8, 4) is 28.5 Å². The minimum atomic E-state index is -1.66. The third-order valence-corrected chi connectivity index (χ3v) is 10.6. The number of methoxy groups -OCH3 is 1. The number of thioether (sulfide) groups is 1. The van der Waals surface area contributed by atoms with Crippen LogP contribution in [0.2, 0.25) is 0 Å². The van der Waals surface area contributed by atoms with Gasteiger partial charge in [0.05, 0.1) is 56.8 Å². The van der Waals surface area contributed by atoms with E-state index in [0.717, 1.165) is 28.6 Å². The Morgan fingerprint density at radius 3 is 2.28 bits per heavy atom. The van der Waals surface area contributed by atoms with E-state index >= 15 is 0 Å². The van der Waals surface area contributed by atoms with Gasteiger partial charge in [0.1, 0.15) is 53.8 Å². The number of hydrogen-bond donors (Lipinski definition) is 4. The minimum absolute atomic E-state index is 0.0412. The number of ether oxygens (including phenoxy) is 4. The van der Waals surface area contributed by atoms with Crippen LogP contribution in [0.15, 0.2) is 36.9 Å². The topological polar surface area (TPSA) is 225 Å². The molecule has 4 N–H and O–H groups in total. The highest BCUT2D eigenvalue weighted by Gasteiger charge is 2.50. The lowest BCUT2D eigenvalue weighted by Crippen LogP contribution is -2.58. The number of carbonyl (C=O) groups excluding carboxylic acids is 1. The summed E-state index contributed by atoms with van der Waals surface area (Å²) < 4.78 is 67.5. The van der Waals surface area contributed by atoms with E-state index in [1.54, 1.807) is 6.20 Å². The minimum Gasteiger partial charge on any atom is -0.467 e. The van der Waals surface area contributed by atoms with Crippen LogP contribution in [-0.4, -0.2) is 159 Å². The zero-order valence-electron chi connectivity index (χ0n) is 27.8. The van der Waals surface area contributed by atoms with Crippen molar-refractivity contribution >= 4 is 17.7 Å². The van der Waals surface area contributed by atoms with Crippen LogP contribution in [0.3, 0.4) is 0 Å². The molecule has 3 aromatic heterocycles. The van der Waals surface area contributed by atoms with E-state index in [1.807, 2.05) is 0 Å². The largest absolute Gasteiger partial charge is 0.467 e. The number of carbonyl (C=O) groups is 1. The van der Waals surface area contributed by atoms with Crippen LogP contribution in [0.25, 0.3) is 22.5 Å². The monoisotopic (exact) mass is 765 g/mol. The number of likely N-dealkylation sites (tertiary alicyclic amines) is 1. The summed E-state index contributed by atoms with van der Waals surface area (Å²) in [5.74, 6) is -5.02. The summed E-state index contributed by atoms with van der Waals surface area (Å²) in [6.07, 6.45) is 0.137. The fraction of sp³-hybridized carbons (Fsp3) is 0.516. The number of aromatic nitrogens is 8. The first-order chi connectivity index (χ1) is 25.5. The summed E-state index contributed by atoms with van der Waals surface area (Å²) >= 11 is 1.06. The van der Waals surface area contributed by atoms with Crippen LogP contribution in [0.5, 0.6) is 6.01 Å². The number of β-amino-alcohol motifs (C(OH)–C–C–N with tert-alkyl or cyclic N) is 1. The first kappa shape index (κ1) is 37.0. The summed E-state index contributed by atoms with van der Waals surface area (Å²) in [7, 11) is 1.44. The summed E-state index contributed by atoms with van der Waals surface area (Å²) in [6, 6.07) is -0.283. The number of benzene rings is 1. The van der Waals surface area contributed by atoms with Crippen LogP contribution in [-0.2, 0) is 19.0 Å². The molecular weight excluding hydrogens is 731 g/mol. The number of aliphatic hydroxyl groups is 4. The molecule has 0 saturated carbocycles. The fourth-order valence-corrected chi connectivity index (χ4v) is 7.69. The van der Waals surface area contributed by atoms with Gasteiger partial charge in [-0.15, -0.1) is 22.0 Å². The standard InChI is InChI=1S/C31H34F3N9O9S/c1-49-31-35-4-15(5-36-31)20-8-42(39-38-20)21-11-50-12-23(27(21)47)53-30-29(51-13-24(46)41-6-16(45)7-41)26(28(48)22(10-44)52-30)43-9-19(37-40-43)14-2-17(32)25(34)18(33)3-14/h2-5,8-9,16,21-23,26-30,44-45,47-48H,6-7,10-13H2,1H3/t21-,22+,23+,26-,27+,28-,29+,30-/m0/s1. The predicted molar refractivity (Wildman–Crippen MR) is 173 cm³/mol. The molecule has 0 bridgehead atoms. The summed E-state index contributed by atoms with van der Waals surface area (Å²) in [6.45, 7) is -0.830. The van der Waals surface area contributed by atoms with Crippen LogP contribution in [0, 0.1) is 17.5 Å². The number of amides is 1. The Morgan fingerprint density at radius 1 is 0.962 bits per heavy atom. The average Bonchev–Trinajstić information content (AvgIpc) is 3.84. The first-order valence-electron chi connectivity index (χ1n) is 16.3. The van der Waals surface area contributed by atoms with Crippen molar-refractivity contribution in [2.75, 3.05) is 46.6 Å². The van der Waals surface area contributed by atoms with E-state index in [1.165, 1.54) is 35.3 Å². The van der Waals surface area contributed by atoms with Crippen molar-refractivity contribution < 1.29 is 57.3 Å². The third-order valence-electron chi connectivity index (χ3n) is 9.15.